The Labute approximate surface area is 96.2 Å². The molecule has 0 bridgehead atoms. The first-order valence-electron chi connectivity index (χ1n) is 6.16. The van der Waals surface area contributed by atoms with Crippen molar-refractivity contribution in [1.29, 1.82) is 0 Å². The molecule has 2 aliphatic carbocycles. The van der Waals surface area contributed by atoms with Crippen LogP contribution in [0.15, 0.2) is 12.1 Å². The highest BCUT2D eigenvalue weighted by atomic mass is 16.5. The van der Waals surface area contributed by atoms with Crippen LogP contribution in [0.1, 0.15) is 42.4 Å². The highest BCUT2D eigenvalue weighted by molar-refractivity contribution is 5.49. The summed E-state index contributed by atoms with van der Waals surface area (Å²) < 4.78 is 5.42. The first-order valence-corrected chi connectivity index (χ1v) is 6.16. The van der Waals surface area contributed by atoms with Gasteiger partial charge >= 0.3 is 0 Å². The molecule has 0 spiro atoms. The van der Waals surface area contributed by atoms with Gasteiger partial charge in [-0.25, -0.2) is 0 Å². The molecule has 3 rings (SSSR count). The molecule has 2 nitrogen and oxygen atoms in total. The van der Waals surface area contributed by atoms with Crippen LogP contribution in [0.4, 0.5) is 0 Å². The van der Waals surface area contributed by atoms with Gasteiger partial charge in [0.1, 0.15) is 5.75 Å². The van der Waals surface area contributed by atoms with Crippen LogP contribution in [0.2, 0.25) is 0 Å². The second-order valence-electron chi connectivity index (χ2n) is 5.01. The van der Waals surface area contributed by atoms with Gasteiger partial charge in [-0.05, 0) is 61.3 Å². The zero-order valence-corrected chi connectivity index (χ0v) is 9.75. The minimum absolute atomic E-state index is 0.506. The van der Waals surface area contributed by atoms with Crippen LogP contribution in [0.5, 0.6) is 5.75 Å². The number of hydrogen-bond acceptors (Lipinski definition) is 2. The Morgan fingerprint density at radius 1 is 1.12 bits per heavy atom. The van der Waals surface area contributed by atoms with Crippen molar-refractivity contribution in [3.63, 3.8) is 0 Å². The smallest absolute Gasteiger partial charge is 0.122 e. The van der Waals surface area contributed by atoms with Crippen molar-refractivity contribution in [3.05, 3.63) is 28.8 Å². The molecule has 1 fully saturated rings. The fraction of sp³-hybridized carbons (Fsp3) is 0.571. The quantitative estimate of drug-likeness (QED) is 0.826. The molecule has 16 heavy (non-hydrogen) atoms. The minimum Gasteiger partial charge on any atom is -0.496 e. The van der Waals surface area contributed by atoms with Crippen LogP contribution in [-0.4, -0.2) is 12.2 Å². The Kier molecular flexibility index (Phi) is 2.21. The highest BCUT2D eigenvalue weighted by Crippen LogP contribution is 2.49. The molecular weight excluding hydrogens is 200 g/mol. The van der Waals surface area contributed by atoms with Crippen LogP contribution < -0.4 is 4.74 Å². The average molecular weight is 218 g/mol. The lowest BCUT2D eigenvalue weighted by molar-refractivity contribution is 0.150. The summed E-state index contributed by atoms with van der Waals surface area (Å²) in [6.07, 6.45) is 6.53. The number of rotatable bonds is 2. The van der Waals surface area contributed by atoms with Gasteiger partial charge in [0.15, 0.2) is 0 Å². The number of fused-ring (bicyclic) bond motifs is 1. The summed E-state index contributed by atoms with van der Waals surface area (Å²) >= 11 is 0. The van der Waals surface area contributed by atoms with E-state index in [0.717, 1.165) is 31.4 Å². The van der Waals surface area contributed by atoms with E-state index in [4.69, 9.17) is 4.74 Å². The van der Waals surface area contributed by atoms with Crippen molar-refractivity contribution in [2.45, 2.75) is 44.1 Å². The van der Waals surface area contributed by atoms with E-state index in [0.29, 0.717) is 0 Å². The Hall–Kier alpha value is -1.02. The third-order valence-corrected chi connectivity index (χ3v) is 3.94. The summed E-state index contributed by atoms with van der Waals surface area (Å²) in [5.74, 6) is 1.00. The fourth-order valence-corrected chi connectivity index (χ4v) is 2.85. The van der Waals surface area contributed by atoms with E-state index in [1.165, 1.54) is 29.5 Å². The zero-order valence-electron chi connectivity index (χ0n) is 9.75. The number of methoxy groups -OCH3 is 1. The first kappa shape index (κ1) is 10.2. The largest absolute Gasteiger partial charge is 0.496 e. The first-order chi connectivity index (χ1) is 7.74. The summed E-state index contributed by atoms with van der Waals surface area (Å²) in [6.45, 7) is 0. The topological polar surface area (TPSA) is 29.5 Å². The molecule has 0 heterocycles. The van der Waals surface area contributed by atoms with Crippen molar-refractivity contribution < 1.29 is 9.84 Å². The van der Waals surface area contributed by atoms with Gasteiger partial charge in [-0.1, -0.05) is 6.07 Å². The van der Waals surface area contributed by atoms with Gasteiger partial charge in [0.25, 0.3) is 0 Å². The molecule has 0 aliphatic heterocycles. The number of ether oxygens (including phenoxy) is 1. The highest BCUT2D eigenvalue weighted by Gasteiger charge is 2.44. The number of benzene rings is 1. The van der Waals surface area contributed by atoms with Crippen molar-refractivity contribution in [2.24, 2.45) is 0 Å². The molecule has 1 N–H and O–H groups in total. The zero-order chi connectivity index (χ0) is 11.2. The van der Waals surface area contributed by atoms with Gasteiger partial charge in [0.2, 0.25) is 0 Å². The van der Waals surface area contributed by atoms with Crippen LogP contribution in [0, 0.1) is 0 Å². The summed E-state index contributed by atoms with van der Waals surface area (Å²) in [5, 5.41) is 10.3. The molecular formula is C14H18O2. The van der Waals surface area contributed by atoms with Crippen LogP contribution >= 0.6 is 0 Å². The molecule has 1 saturated carbocycles. The Morgan fingerprint density at radius 2 is 1.81 bits per heavy atom. The normalized spacial score (nSPS) is 21.4. The van der Waals surface area contributed by atoms with E-state index in [2.05, 4.69) is 6.07 Å². The Morgan fingerprint density at radius 3 is 2.44 bits per heavy atom. The van der Waals surface area contributed by atoms with Gasteiger partial charge in [0, 0.05) is 0 Å². The van der Waals surface area contributed by atoms with Crippen molar-refractivity contribution in [1.82, 2.24) is 0 Å². The van der Waals surface area contributed by atoms with Crippen LogP contribution in [0.3, 0.4) is 0 Å². The van der Waals surface area contributed by atoms with Gasteiger partial charge in [-0.2, -0.15) is 0 Å². The molecule has 86 valence electrons. The lowest BCUT2D eigenvalue weighted by atomic mass is 9.85. The summed E-state index contributed by atoms with van der Waals surface area (Å²) in [4.78, 5) is 0. The molecule has 0 radical (unpaired) electrons. The third-order valence-electron chi connectivity index (χ3n) is 3.94. The van der Waals surface area contributed by atoms with Gasteiger partial charge < -0.3 is 9.84 Å². The molecule has 1 aromatic carbocycles. The fourth-order valence-electron chi connectivity index (χ4n) is 2.85. The SMILES string of the molecule is COc1ccc(C2(O)CC2)c2c1CCCC2. The maximum absolute atomic E-state index is 10.3. The molecule has 1 aromatic rings. The van der Waals surface area contributed by atoms with Crippen molar-refractivity contribution >= 4 is 0 Å². The van der Waals surface area contributed by atoms with E-state index in [1.54, 1.807) is 7.11 Å². The number of hydrogen-bond donors (Lipinski definition) is 1. The predicted octanol–water partition coefficient (Wildman–Crippen LogP) is 2.56. The van der Waals surface area contributed by atoms with Crippen LogP contribution in [-0.2, 0) is 18.4 Å². The van der Waals surface area contributed by atoms with Crippen molar-refractivity contribution in [2.75, 3.05) is 7.11 Å². The van der Waals surface area contributed by atoms with E-state index in [1.807, 2.05) is 6.07 Å². The second-order valence-corrected chi connectivity index (χ2v) is 5.01. The number of aliphatic hydroxyl groups is 1. The summed E-state index contributed by atoms with van der Waals surface area (Å²) in [5.41, 5.74) is 3.37. The summed E-state index contributed by atoms with van der Waals surface area (Å²) in [7, 11) is 1.73. The lowest BCUT2D eigenvalue weighted by Gasteiger charge is -2.24. The standard InChI is InChI=1S/C14H18O2/c1-16-13-7-6-12(14(15)8-9-14)10-4-2-3-5-11(10)13/h6-7,15H,2-5,8-9H2,1H3. The van der Waals surface area contributed by atoms with Gasteiger partial charge in [-0.15, -0.1) is 0 Å². The molecule has 2 heteroatoms. The molecule has 0 amide bonds. The minimum atomic E-state index is -0.506. The summed E-state index contributed by atoms with van der Waals surface area (Å²) in [6, 6.07) is 4.09. The molecule has 0 unspecified atom stereocenters. The molecule has 0 aromatic heterocycles. The van der Waals surface area contributed by atoms with E-state index >= 15 is 0 Å². The van der Waals surface area contributed by atoms with E-state index < -0.39 is 5.60 Å². The molecule has 0 atom stereocenters. The van der Waals surface area contributed by atoms with Gasteiger partial charge in [0.05, 0.1) is 12.7 Å². The monoisotopic (exact) mass is 218 g/mol. The molecule has 0 saturated heterocycles. The van der Waals surface area contributed by atoms with Crippen LogP contribution in [0.25, 0.3) is 0 Å². The van der Waals surface area contributed by atoms with Gasteiger partial charge in [-0.3, -0.25) is 0 Å². The van der Waals surface area contributed by atoms with Crippen molar-refractivity contribution in [3.8, 4) is 5.75 Å². The average Bonchev–Trinajstić information content (AvgIpc) is 3.07. The second kappa shape index (κ2) is 3.49. The van der Waals surface area contributed by atoms with E-state index in [-0.39, 0.29) is 0 Å². The maximum atomic E-state index is 10.3. The Balaban J connectivity index is 2.13. The predicted molar refractivity (Wildman–Crippen MR) is 62.8 cm³/mol. The Bertz CT molecular complexity index is 419. The van der Waals surface area contributed by atoms with E-state index in [9.17, 15) is 5.11 Å². The maximum Gasteiger partial charge on any atom is 0.122 e. The lowest BCUT2D eigenvalue weighted by Crippen LogP contribution is -2.14. The third kappa shape index (κ3) is 1.44. The molecule has 2 aliphatic rings.